The molecule has 0 aliphatic heterocycles. The number of anilines is 2. The van der Waals surface area contributed by atoms with E-state index in [9.17, 15) is 27.2 Å². The van der Waals surface area contributed by atoms with Crippen LogP contribution in [0.2, 0.25) is 10.0 Å². The van der Waals surface area contributed by atoms with E-state index in [4.69, 9.17) is 39.4 Å². The zero-order valence-corrected chi connectivity index (χ0v) is 27.7. The van der Waals surface area contributed by atoms with Crippen molar-refractivity contribution in [1.29, 1.82) is 0 Å². The topological polar surface area (TPSA) is 140 Å². The number of nitrogen functional groups attached to an aromatic ring is 2. The summed E-state index contributed by atoms with van der Waals surface area (Å²) in [6.07, 6.45) is 3.23. The Bertz CT molecular complexity index is 1840. The van der Waals surface area contributed by atoms with Crippen LogP contribution in [0.15, 0.2) is 40.1 Å². The largest absolute Gasteiger partial charge is 0.492 e. The van der Waals surface area contributed by atoms with Gasteiger partial charge in [0.1, 0.15) is 17.2 Å². The van der Waals surface area contributed by atoms with Gasteiger partial charge in [-0.1, -0.05) is 29.3 Å². The lowest BCUT2D eigenvalue weighted by atomic mass is 10.1. The molecule has 0 amide bonds. The Hall–Kier alpha value is -3.92. The lowest BCUT2D eigenvalue weighted by Crippen LogP contribution is -2.12. The van der Waals surface area contributed by atoms with Gasteiger partial charge < -0.3 is 25.7 Å². The molecule has 46 heavy (non-hydrogen) atoms. The van der Waals surface area contributed by atoms with E-state index in [0.717, 1.165) is 36.7 Å². The minimum atomic E-state index is -0.949. The summed E-state index contributed by atoms with van der Waals surface area (Å²) in [5.74, 6) is -5.26. The highest BCUT2D eigenvalue weighted by atomic mass is 35.5. The van der Waals surface area contributed by atoms with Crippen LogP contribution in [0.1, 0.15) is 21.0 Å². The van der Waals surface area contributed by atoms with Crippen LogP contribution in [0.3, 0.4) is 0 Å². The van der Waals surface area contributed by atoms with E-state index in [0.29, 0.717) is 0 Å². The molecule has 0 aliphatic rings. The molecule has 4 aromatic rings. The van der Waals surface area contributed by atoms with E-state index in [1.807, 2.05) is 0 Å². The highest BCUT2D eigenvalue weighted by Gasteiger charge is 2.27. The molecule has 4 rings (SSSR count). The molecule has 0 radical (unpaired) electrons. The SMILES string of the molecule is COC(=O)c1nc(-c2ccc(Cl)c(F)c2)c(F)c(N)c1SC.COC(=O)c1nc(-c2ccc(Cl)c(OC)c2F)c(F)c(N)c1SC. The third kappa shape index (κ3) is 7.22. The minimum Gasteiger partial charge on any atom is -0.492 e. The zero-order chi connectivity index (χ0) is 34.5. The number of benzene rings is 2. The second-order valence-electron chi connectivity index (χ2n) is 8.69. The van der Waals surface area contributed by atoms with Crippen LogP contribution >= 0.6 is 46.7 Å². The highest BCUT2D eigenvalue weighted by molar-refractivity contribution is 7.99. The molecule has 9 nitrogen and oxygen atoms in total. The molecule has 0 saturated heterocycles. The molecule has 244 valence electrons. The number of carbonyl (C=O) groups is 2. The van der Waals surface area contributed by atoms with Crippen molar-refractivity contribution in [2.24, 2.45) is 0 Å². The fourth-order valence-corrected chi connectivity index (χ4v) is 5.54. The van der Waals surface area contributed by atoms with Gasteiger partial charge in [0.2, 0.25) is 0 Å². The van der Waals surface area contributed by atoms with Gasteiger partial charge in [0.15, 0.2) is 34.6 Å². The van der Waals surface area contributed by atoms with E-state index in [1.54, 1.807) is 12.5 Å². The second kappa shape index (κ2) is 15.6. The summed E-state index contributed by atoms with van der Waals surface area (Å²) in [5, 5.41) is -0.0906. The van der Waals surface area contributed by atoms with Crippen molar-refractivity contribution in [2.75, 3.05) is 45.3 Å². The zero-order valence-electron chi connectivity index (χ0n) is 24.6. The van der Waals surface area contributed by atoms with E-state index >= 15 is 0 Å². The predicted molar refractivity (Wildman–Crippen MR) is 171 cm³/mol. The van der Waals surface area contributed by atoms with Gasteiger partial charge in [-0.15, -0.1) is 23.5 Å². The Balaban J connectivity index is 0.000000251. The second-order valence-corrected chi connectivity index (χ2v) is 11.1. The van der Waals surface area contributed by atoms with Crippen molar-refractivity contribution in [3.63, 3.8) is 0 Å². The first-order valence-electron chi connectivity index (χ1n) is 12.5. The summed E-state index contributed by atoms with van der Waals surface area (Å²) in [6, 6.07) is 6.23. The standard InChI is InChI=1S/C15H13ClF2N2O3S.C14H11ClF2N2O2S/c1-22-13-7(16)5-4-6(8(13)17)11-9(18)10(19)14(24-3)12(20-11)15(21)23-2;1-21-14(20)12-13(22-2)10(18)9(17)11(19-12)6-3-4-7(15)8(16)5-6/h4-5H,1-3H3,(H2,19,20);3-5H,1-2H3,(H2,18,19). The van der Waals surface area contributed by atoms with Gasteiger partial charge in [0, 0.05) is 11.1 Å². The maximum absolute atomic E-state index is 14.6. The number of nitrogens with two attached hydrogens (primary N) is 2. The Labute approximate surface area is 278 Å². The lowest BCUT2D eigenvalue weighted by Gasteiger charge is -2.14. The quantitative estimate of drug-likeness (QED) is 0.111. The summed E-state index contributed by atoms with van der Waals surface area (Å²) in [4.78, 5) is 31.8. The molecular weight excluding hydrogens is 695 g/mol. The molecule has 0 aliphatic carbocycles. The average molecular weight is 720 g/mol. The summed E-state index contributed by atoms with van der Waals surface area (Å²) >= 11 is 13.5. The maximum atomic E-state index is 14.6. The summed E-state index contributed by atoms with van der Waals surface area (Å²) in [5.41, 5.74) is 9.79. The van der Waals surface area contributed by atoms with Crippen LogP contribution in [0.4, 0.5) is 28.9 Å². The van der Waals surface area contributed by atoms with Crippen molar-refractivity contribution in [1.82, 2.24) is 9.97 Å². The van der Waals surface area contributed by atoms with Crippen LogP contribution in [0.5, 0.6) is 5.75 Å². The molecule has 17 heteroatoms. The first-order chi connectivity index (χ1) is 21.8. The molecule has 0 fully saturated rings. The van der Waals surface area contributed by atoms with E-state index in [-0.39, 0.29) is 65.2 Å². The number of rotatable bonds is 7. The number of thioether (sulfide) groups is 2. The summed E-state index contributed by atoms with van der Waals surface area (Å²) < 4.78 is 71.2. The lowest BCUT2D eigenvalue weighted by molar-refractivity contribution is 0.0581. The number of nitrogens with zero attached hydrogens (tertiary/aromatic N) is 2. The fraction of sp³-hybridized carbons (Fsp3) is 0.172. The van der Waals surface area contributed by atoms with Gasteiger partial charge in [-0.25, -0.2) is 37.1 Å². The molecule has 2 aromatic carbocycles. The third-order valence-corrected chi connectivity index (χ3v) is 8.37. The number of esters is 2. The molecule has 0 bridgehead atoms. The summed E-state index contributed by atoms with van der Waals surface area (Å²) in [6.45, 7) is 0. The van der Waals surface area contributed by atoms with Gasteiger partial charge in [-0.05, 0) is 36.8 Å². The number of pyridine rings is 2. The molecule has 0 atom stereocenters. The van der Waals surface area contributed by atoms with Crippen molar-refractivity contribution in [3.8, 4) is 28.3 Å². The third-order valence-electron chi connectivity index (χ3n) is 6.12. The number of hydrogen-bond acceptors (Lipinski definition) is 11. The Morgan fingerprint density at radius 3 is 1.67 bits per heavy atom. The molecule has 2 heterocycles. The number of methoxy groups -OCH3 is 3. The fourth-order valence-electron chi connectivity index (χ4n) is 3.93. The van der Waals surface area contributed by atoms with Crippen LogP contribution < -0.4 is 16.2 Å². The van der Waals surface area contributed by atoms with Gasteiger partial charge in [0.25, 0.3) is 0 Å². The Morgan fingerprint density at radius 2 is 1.22 bits per heavy atom. The van der Waals surface area contributed by atoms with Crippen LogP contribution in [-0.2, 0) is 9.47 Å². The van der Waals surface area contributed by atoms with Gasteiger partial charge in [-0.3, -0.25) is 0 Å². The molecule has 4 N–H and O–H groups in total. The highest BCUT2D eigenvalue weighted by Crippen LogP contribution is 2.39. The smallest absolute Gasteiger partial charge is 0.357 e. The predicted octanol–water partition coefficient (Wildman–Crippen LogP) is 7.55. The van der Waals surface area contributed by atoms with E-state index < -0.39 is 40.9 Å². The number of halogens is 6. The summed E-state index contributed by atoms with van der Waals surface area (Å²) in [7, 11) is 3.55. The Kier molecular flexibility index (Phi) is 12.4. The van der Waals surface area contributed by atoms with Crippen molar-refractivity contribution in [3.05, 3.63) is 75.0 Å². The molecule has 0 unspecified atom stereocenters. The van der Waals surface area contributed by atoms with E-state index in [2.05, 4.69) is 19.4 Å². The number of hydrogen-bond donors (Lipinski definition) is 2. The number of carbonyl (C=O) groups excluding carboxylic acids is 2. The average Bonchev–Trinajstić information content (AvgIpc) is 3.04. The van der Waals surface area contributed by atoms with Gasteiger partial charge in [-0.2, -0.15) is 0 Å². The van der Waals surface area contributed by atoms with Gasteiger partial charge >= 0.3 is 11.9 Å². The number of aromatic nitrogens is 2. The van der Waals surface area contributed by atoms with Crippen LogP contribution in [0.25, 0.3) is 22.5 Å². The van der Waals surface area contributed by atoms with E-state index in [1.165, 1.54) is 38.5 Å². The molecular formula is C29H24Cl2F4N4O5S2. The minimum absolute atomic E-state index is 0.0149. The maximum Gasteiger partial charge on any atom is 0.357 e. The van der Waals surface area contributed by atoms with Gasteiger partial charge in [0.05, 0.1) is 52.5 Å². The van der Waals surface area contributed by atoms with Crippen molar-refractivity contribution >= 4 is 70.0 Å². The molecule has 0 saturated carbocycles. The molecule has 2 aromatic heterocycles. The van der Waals surface area contributed by atoms with Crippen molar-refractivity contribution in [2.45, 2.75) is 9.79 Å². The first kappa shape index (κ1) is 36.5. The molecule has 0 spiro atoms. The number of ether oxygens (including phenoxy) is 3. The van der Waals surface area contributed by atoms with Crippen molar-refractivity contribution < 1.29 is 41.4 Å². The first-order valence-corrected chi connectivity index (χ1v) is 15.7. The van der Waals surface area contributed by atoms with Crippen LogP contribution in [-0.4, -0.2) is 55.7 Å². The van der Waals surface area contributed by atoms with Crippen LogP contribution in [0, 0.1) is 23.3 Å². The monoisotopic (exact) mass is 718 g/mol. The normalized spacial score (nSPS) is 10.6. The Morgan fingerprint density at radius 1 is 0.739 bits per heavy atom.